The molecule has 0 unspecified atom stereocenters. The molecular weight excluding hydrogens is 290 g/mol. The zero-order valence-corrected chi connectivity index (χ0v) is 10.4. The number of nitrogens with one attached hydrogen (secondary N) is 1. The number of nitrogens with two attached hydrogens (primary N) is 1. The van der Waals surface area contributed by atoms with Gasteiger partial charge >= 0.3 is 6.18 Å². The van der Waals surface area contributed by atoms with E-state index in [0.29, 0.717) is 6.07 Å². The Bertz CT molecular complexity index is 685. The maximum absolute atomic E-state index is 12.9. The molecule has 1 heterocycles. The topological polar surface area (TPSA) is 68.0 Å². The van der Waals surface area contributed by atoms with Gasteiger partial charge in [-0.15, -0.1) is 0 Å². The van der Waals surface area contributed by atoms with E-state index < -0.39 is 23.5 Å². The van der Waals surface area contributed by atoms with E-state index in [2.05, 4.69) is 10.3 Å². The summed E-state index contributed by atoms with van der Waals surface area (Å²) in [4.78, 5) is 15.3. The van der Waals surface area contributed by atoms with Crippen LogP contribution in [0.25, 0.3) is 0 Å². The number of carbonyl (C=O) groups excluding carboxylic acids is 1. The minimum atomic E-state index is -4.52. The standard InChI is InChI=1S/C13H9F4N3O/c14-9-3-7(5-19-6-9)12(21)20-11-2-1-8(4-10(11)18)13(15,16)17/h1-6H,18H2,(H,20,21). The largest absolute Gasteiger partial charge is 0.416 e. The molecule has 0 bridgehead atoms. The highest BCUT2D eigenvalue weighted by Crippen LogP contribution is 2.32. The maximum Gasteiger partial charge on any atom is 0.416 e. The second kappa shape index (κ2) is 5.39. The van der Waals surface area contributed by atoms with Gasteiger partial charge in [0.25, 0.3) is 5.91 Å². The Morgan fingerprint density at radius 2 is 1.90 bits per heavy atom. The summed E-state index contributed by atoms with van der Waals surface area (Å²) in [6.45, 7) is 0. The van der Waals surface area contributed by atoms with Crippen LogP contribution in [-0.4, -0.2) is 10.9 Å². The van der Waals surface area contributed by atoms with Crippen LogP contribution in [0.4, 0.5) is 28.9 Å². The Balaban J connectivity index is 2.22. The summed E-state index contributed by atoms with van der Waals surface area (Å²) in [6, 6.07) is 3.47. The van der Waals surface area contributed by atoms with Gasteiger partial charge in [-0.1, -0.05) is 0 Å². The lowest BCUT2D eigenvalue weighted by Gasteiger charge is -2.11. The summed E-state index contributed by atoms with van der Waals surface area (Å²) in [6.07, 6.45) is -2.48. The minimum absolute atomic E-state index is 0.00254. The second-order valence-corrected chi connectivity index (χ2v) is 4.15. The van der Waals surface area contributed by atoms with Crippen LogP contribution in [0.2, 0.25) is 0 Å². The number of halogens is 4. The van der Waals surface area contributed by atoms with Gasteiger partial charge in [0.1, 0.15) is 5.82 Å². The smallest absolute Gasteiger partial charge is 0.397 e. The molecule has 1 amide bonds. The van der Waals surface area contributed by atoms with Crippen LogP contribution < -0.4 is 11.1 Å². The van der Waals surface area contributed by atoms with Gasteiger partial charge in [-0.2, -0.15) is 13.2 Å². The van der Waals surface area contributed by atoms with Crippen LogP contribution >= 0.6 is 0 Å². The third-order valence-electron chi connectivity index (χ3n) is 2.59. The molecule has 1 aromatic carbocycles. The SMILES string of the molecule is Nc1cc(C(F)(F)F)ccc1NC(=O)c1cncc(F)c1. The van der Waals surface area contributed by atoms with Crippen LogP contribution in [0.15, 0.2) is 36.7 Å². The van der Waals surface area contributed by atoms with Crippen molar-refractivity contribution in [3.8, 4) is 0 Å². The average Bonchev–Trinajstić information content (AvgIpc) is 2.39. The number of alkyl halides is 3. The van der Waals surface area contributed by atoms with Gasteiger partial charge in [-0.25, -0.2) is 4.39 Å². The Morgan fingerprint density at radius 3 is 2.48 bits per heavy atom. The lowest BCUT2D eigenvalue weighted by Crippen LogP contribution is -2.14. The zero-order valence-electron chi connectivity index (χ0n) is 10.4. The number of nitrogens with zero attached hydrogens (tertiary/aromatic N) is 1. The number of hydrogen-bond acceptors (Lipinski definition) is 3. The molecular formula is C13H9F4N3O. The third kappa shape index (κ3) is 3.47. The van der Waals surface area contributed by atoms with Gasteiger partial charge in [0.2, 0.25) is 0 Å². The molecule has 0 aliphatic rings. The number of rotatable bonds is 2. The van der Waals surface area contributed by atoms with Crippen LogP contribution in [0, 0.1) is 5.82 Å². The molecule has 110 valence electrons. The predicted molar refractivity (Wildman–Crippen MR) is 68.0 cm³/mol. The summed E-state index contributed by atoms with van der Waals surface area (Å²) in [5.41, 5.74) is 4.22. The van der Waals surface area contributed by atoms with Crippen molar-refractivity contribution in [3.63, 3.8) is 0 Å². The summed E-state index contributed by atoms with van der Waals surface area (Å²) < 4.78 is 50.4. The lowest BCUT2D eigenvalue weighted by molar-refractivity contribution is -0.137. The van der Waals surface area contributed by atoms with E-state index in [0.717, 1.165) is 30.6 Å². The first-order chi connectivity index (χ1) is 9.77. The first kappa shape index (κ1) is 14.8. The van der Waals surface area contributed by atoms with Crippen molar-refractivity contribution in [1.29, 1.82) is 0 Å². The minimum Gasteiger partial charge on any atom is -0.397 e. The first-order valence-corrected chi connectivity index (χ1v) is 5.66. The second-order valence-electron chi connectivity index (χ2n) is 4.15. The van der Waals surface area contributed by atoms with E-state index in [4.69, 9.17) is 5.73 Å². The summed E-state index contributed by atoms with van der Waals surface area (Å²) in [7, 11) is 0. The number of pyridine rings is 1. The first-order valence-electron chi connectivity index (χ1n) is 5.66. The number of aromatic nitrogens is 1. The Labute approximate surface area is 116 Å². The fourth-order valence-corrected chi connectivity index (χ4v) is 1.58. The van der Waals surface area contributed by atoms with Gasteiger partial charge in [0, 0.05) is 6.20 Å². The molecule has 0 saturated carbocycles. The van der Waals surface area contributed by atoms with Crippen molar-refractivity contribution in [1.82, 2.24) is 4.98 Å². The summed E-state index contributed by atoms with van der Waals surface area (Å²) >= 11 is 0. The number of hydrogen-bond donors (Lipinski definition) is 2. The molecule has 0 radical (unpaired) electrons. The van der Waals surface area contributed by atoms with E-state index in [1.165, 1.54) is 0 Å². The molecule has 1 aromatic heterocycles. The Kier molecular flexibility index (Phi) is 3.79. The van der Waals surface area contributed by atoms with Crippen molar-refractivity contribution in [2.24, 2.45) is 0 Å². The molecule has 0 atom stereocenters. The number of carbonyl (C=O) groups is 1. The van der Waals surface area contributed by atoms with Crippen molar-refractivity contribution >= 4 is 17.3 Å². The fourth-order valence-electron chi connectivity index (χ4n) is 1.58. The van der Waals surface area contributed by atoms with Crippen molar-refractivity contribution in [3.05, 3.63) is 53.6 Å². The van der Waals surface area contributed by atoms with Crippen LogP contribution in [0.5, 0.6) is 0 Å². The van der Waals surface area contributed by atoms with Crippen molar-refractivity contribution < 1.29 is 22.4 Å². The molecule has 8 heteroatoms. The molecule has 0 saturated heterocycles. The van der Waals surface area contributed by atoms with Gasteiger partial charge < -0.3 is 11.1 Å². The summed E-state index contributed by atoms with van der Waals surface area (Å²) in [5.74, 6) is -1.43. The van der Waals surface area contributed by atoms with E-state index in [9.17, 15) is 22.4 Å². The van der Waals surface area contributed by atoms with Crippen molar-refractivity contribution in [2.45, 2.75) is 6.18 Å². The zero-order chi connectivity index (χ0) is 15.6. The van der Waals surface area contributed by atoms with Gasteiger partial charge in [0.05, 0.1) is 28.7 Å². The normalized spacial score (nSPS) is 11.2. The van der Waals surface area contributed by atoms with Gasteiger partial charge in [0.15, 0.2) is 0 Å². The van der Waals surface area contributed by atoms with Crippen LogP contribution in [-0.2, 0) is 6.18 Å². The molecule has 4 nitrogen and oxygen atoms in total. The van der Waals surface area contributed by atoms with E-state index in [1.807, 2.05) is 0 Å². The van der Waals surface area contributed by atoms with Crippen molar-refractivity contribution in [2.75, 3.05) is 11.1 Å². The lowest BCUT2D eigenvalue weighted by atomic mass is 10.1. The highest BCUT2D eigenvalue weighted by atomic mass is 19.4. The number of amides is 1. The Morgan fingerprint density at radius 1 is 1.19 bits per heavy atom. The highest BCUT2D eigenvalue weighted by Gasteiger charge is 2.30. The molecule has 0 aliphatic carbocycles. The van der Waals surface area contributed by atoms with Crippen LogP contribution in [0.1, 0.15) is 15.9 Å². The molecule has 0 fully saturated rings. The number of anilines is 2. The summed E-state index contributed by atoms with van der Waals surface area (Å²) in [5, 5.41) is 2.29. The molecule has 2 rings (SSSR count). The van der Waals surface area contributed by atoms with Gasteiger partial charge in [-0.05, 0) is 24.3 Å². The molecule has 0 spiro atoms. The van der Waals surface area contributed by atoms with E-state index in [1.54, 1.807) is 0 Å². The number of benzene rings is 1. The molecule has 21 heavy (non-hydrogen) atoms. The third-order valence-corrected chi connectivity index (χ3v) is 2.59. The van der Waals surface area contributed by atoms with Gasteiger partial charge in [-0.3, -0.25) is 9.78 Å². The van der Waals surface area contributed by atoms with E-state index in [-0.39, 0.29) is 16.9 Å². The predicted octanol–water partition coefficient (Wildman–Crippen LogP) is 3.07. The molecule has 2 aromatic rings. The average molecular weight is 299 g/mol. The quantitative estimate of drug-likeness (QED) is 0.661. The molecule has 3 N–H and O–H groups in total. The molecule has 0 aliphatic heterocycles. The van der Waals surface area contributed by atoms with E-state index >= 15 is 0 Å². The maximum atomic E-state index is 12.9. The fraction of sp³-hybridized carbons (Fsp3) is 0.0769. The monoisotopic (exact) mass is 299 g/mol. The van der Waals surface area contributed by atoms with Crippen LogP contribution in [0.3, 0.4) is 0 Å². The Hall–Kier alpha value is -2.64. The highest BCUT2D eigenvalue weighted by molar-refractivity contribution is 6.05. The number of nitrogen functional groups attached to an aromatic ring is 1.